The third-order valence-corrected chi connectivity index (χ3v) is 5.69. The van der Waals surface area contributed by atoms with Crippen molar-refractivity contribution >= 4 is 16.5 Å². The van der Waals surface area contributed by atoms with Gasteiger partial charge >= 0.3 is 0 Å². The summed E-state index contributed by atoms with van der Waals surface area (Å²) in [6, 6.07) is 10.0. The smallest absolute Gasteiger partial charge is 0.183 e. The van der Waals surface area contributed by atoms with E-state index in [1.165, 1.54) is 11.4 Å². The molecule has 0 saturated heterocycles. The van der Waals surface area contributed by atoms with Crippen LogP contribution in [0.4, 0.5) is 5.13 Å². The third kappa shape index (κ3) is 3.86. The Morgan fingerprint density at radius 2 is 2.11 bits per heavy atom. The van der Waals surface area contributed by atoms with Crippen LogP contribution in [0.25, 0.3) is 11.3 Å². The topological polar surface area (TPSA) is 57.5 Å². The first-order chi connectivity index (χ1) is 13.7. The Labute approximate surface area is 169 Å². The minimum Gasteiger partial charge on any atom is -0.486 e. The number of para-hydroxylation sites is 2. The van der Waals surface area contributed by atoms with E-state index >= 15 is 0 Å². The lowest BCUT2D eigenvalue weighted by Crippen LogP contribution is -2.33. The molecule has 28 heavy (non-hydrogen) atoms. The van der Waals surface area contributed by atoms with Crippen molar-refractivity contribution in [3.8, 4) is 22.8 Å². The molecule has 3 heterocycles. The van der Waals surface area contributed by atoms with Gasteiger partial charge in [-0.3, -0.25) is 0 Å². The zero-order valence-corrected chi connectivity index (χ0v) is 17.2. The molecule has 1 aromatic carbocycles. The Balaban J connectivity index is 1.49. The first-order valence-electron chi connectivity index (χ1n) is 9.39. The second-order valence-electron chi connectivity index (χ2n) is 6.85. The number of hydrogen-bond donors (Lipinski definition) is 1. The first-order valence-corrected chi connectivity index (χ1v) is 10.3. The lowest BCUT2D eigenvalue weighted by atomic mass is 10.2. The Hall–Kier alpha value is -2.51. The molecule has 0 amide bonds. The van der Waals surface area contributed by atoms with Crippen LogP contribution < -0.4 is 14.8 Å². The molecule has 1 N–H and O–H groups in total. The van der Waals surface area contributed by atoms with E-state index in [0.717, 1.165) is 41.0 Å². The summed E-state index contributed by atoms with van der Waals surface area (Å²) < 4.78 is 19.4. The standard InChI is InChI=1S/C21H25N3O3S/c1-14-10-17(18-13-28-21(23-18)22-8-9-25-3)15(2)24(14)11-16-12-26-19-6-4-5-7-20(19)27-16/h4-7,10,13,16H,8-9,11-12H2,1-3H3,(H,22,23)/t16-/m1/s1. The molecule has 3 aromatic rings. The van der Waals surface area contributed by atoms with Crippen LogP contribution in [-0.4, -0.2) is 42.5 Å². The van der Waals surface area contributed by atoms with Crippen molar-refractivity contribution in [3.05, 3.63) is 47.1 Å². The second-order valence-corrected chi connectivity index (χ2v) is 7.71. The maximum Gasteiger partial charge on any atom is 0.183 e. The molecule has 4 rings (SSSR count). The van der Waals surface area contributed by atoms with Crippen molar-refractivity contribution in [1.29, 1.82) is 0 Å². The molecule has 6 nitrogen and oxygen atoms in total. The van der Waals surface area contributed by atoms with Crippen LogP contribution in [0.1, 0.15) is 11.4 Å². The van der Waals surface area contributed by atoms with Crippen LogP contribution in [0.5, 0.6) is 11.5 Å². The maximum atomic E-state index is 6.14. The molecule has 0 aliphatic carbocycles. The van der Waals surface area contributed by atoms with Crippen LogP contribution in [-0.2, 0) is 11.3 Å². The molecule has 0 spiro atoms. The van der Waals surface area contributed by atoms with Gasteiger partial charge in [0.2, 0.25) is 0 Å². The maximum absolute atomic E-state index is 6.14. The van der Waals surface area contributed by atoms with E-state index in [-0.39, 0.29) is 6.10 Å². The van der Waals surface area contributed by atoms with Gasteiger partial charge in [0.25, 0.3) is 0 Å². The van der Waals surface area contributed by atoms with Gasteiger partial charge in [0.05, 0.1) is 18.8 Å². The number of hydrogen-bond acceptors (Lipinski definition) is 6. The van der Waals surface area contributed by atoms with Crippen molar-refractivity contribution in [2.24, 2.45) is 0 Å². The first kappa shape index (κ1) is 18.8. The fraction of sp³-hybridized carbons (Fsp3) is 0.381. The molecule has 1 atom stereocenters. The summed E-state index contributed by atoms with van der Waals surface area (Å²) in [6.07, 6.45) is -0.0192. The molecule has 2 aromatic heterocycles. The van der Waals surface area contributed by atoms with Crippen molar-refractivity contribution in [2.45, 2.75) is 26.5 Å². The van der Waals surface area contributed by atoms with Crippen LogP contribution in [0.15, 0.2) is 35.7 Å². The largest absolute Gasteiger partial charge is 0.486 e. The summed E-state index contributed by atoms with van der Waals surface area (Å²) in [6.45, 7) is 6.97. The molecule has 0 saturated carbocycles. The number of aryl methyl sites for hydroxylation is 1. The quantitative estimate of drug-likeness (QED) is 0.606. The number of ether oxygens (including phenoxy) is 3. The van der Waals surface area contributed by atoms with Crippen LogP contribution in [0, 0.1) is 13.8 Å². The minimum absolute atomic E-state index is 0.0192. The zero-order chi connectivity index (χ0) is 19.5. The second kappa shape index (κ2) is 8.24. The molecular weight excluding hydrogens is 374 g/mol. The number of anilines is 1. The van der Waals surface area contributed by atoms with E-state index in [1.807, 2.05) is 24.3 Å². The highest BCUT2D eigenvalue weighted by molar-refractivity contribution is 7.14. The van der Waals surface area contributed by atoms with E-state index in [9.17, 15) is 0 Å². The normalized spacial score (nSPS) is 15.6. The van der Waals surface area contributed by atoms with Gasteiger partial charge in [-0.05, 0) is 32.0 Å². The highest BCUT2D eigenvalue weighted by Crippen LogP contribution is 2.33. The molecule has 1 aliphatic heterocycles. The summed E-state index contributed by atoms with van der Waals surface area (Å²) in [5, 5.41) is 6.30. The van der Waals surface area contributed by atoms with Crippen LogP contribution in [0.2, 0.25) is 0 Å². The monoisotopic (exact) mass is 399 g/mol. The fourth-order valence-electron chi connectivity index (χ4n) is 3.44. The van der Waals surface area contributed by atoms with Gasteiger partial charge in [0.15, 0.2) is 22.7 Å². The van der Waals surface area contributed by atoms with Gasteiger partial charge in [0.1, 0.15) is 6.61 Å². The predicted octanol–water partition coefficient (Wildman–Crippen LogP) is 4.13. The van der Waals surface area contributed by atoms with Gasteiger partial charge < -0.3 is 24.1 Å². The summed E-state index contributed by atoms with van der Waals surface area (Å²) in [5.41, 5.74) is 4.53. The molecular formula is C21H25N3O3S. The summed E-state index contributed by atoms with van der Waals surface area (Å²) in [4.78, 5) is 4.73. The Bertz CT molecular complexity index is 950. The number of nitrogens with one attached hydrogen (secondary N) is 1. The predicted molar refractivity (Wildman–Crippen MR) is 112 cm³/mol. The average molecular weight is 400 g/mol. The average Bonchev–Trinajstić information content (AvgIpc) is 3.28. The van der Waals surface area contributed by atoms with E-state index in [2.05, 4.69) is 35.2 Å². The van der Waals surface area contributed by atoms with Crippen molar-refractivity contribution in [3.63, 3.8) is 0 Å². The van der Waals surface area contributed by atoms with Crippen molar-refractivity contribution in [1.82, 2.24) is 9.55 Å². The summed E-state index contributed by atoms with van der Waals surface area (Å²) in [5.74, 6) is 1.63. The molecule has 0 bridgehead atoms. The van der Waals surface area contributed by atoms with Gasteiger partial charge in [-0.25, -0.2) is 4.98 Å². The van der Waals surface area contributed by atoms with Crippen molar-refractivity contribution < 1.29 is 14.2 Å². The Kier molecular flexibility index (Phi) is 5.54. The van der Waals surface area contributed by atoms with Crippen LogP contribution in [0.3, 0.4) is 0 Å². The van der Waals surface area contributed by atoms with E-state index in [1.54, 1.807) is 18.4 Å². The summed E-state index contributed by atoms with van der Waals surface area (Å²) in [7, 11) is 1.70. The minimum atomic E-state index is -0.0192. The van der Waals surface area contributed by atoms with E-state index < -0.39 is 0 Å². The number of aromatic nitrogens is 2. The summed E-state index contributed by atoms with van der Waals surface area (Å²) >= 11 is 1.61. The molecule has 148 valence electrons. The molecule has 1 aliphatic rings. The highest BCUT2D eigenvalue weighted by Gasteiger charge is 2.23. The third-order valence-electron chi connectivity index (χ3n) is 4.89. The number of rotatable bonds is 7. The van der Waals surface area contributed by atoms with Gasteiger partial charge in [-0.2, -0.15) is 0 Å². The van der Waals surface area contributed by atoms with E-state index in [0.29, 0.717) is 13.2 Å². The van der Waals surface area contributed by atoms with Gasteiger partial charge in [-0.1, -0.05) is 12.1 Å². The number of thiazole rings is 1. The SMILES string of the molecule is COCCNc1nc(-c2cc(C)n(C[C@@H]3COc4ccccc4O3)c2C)cs1. The number of nitrogens with zero attached hydrogens (tertiary/aromatic N) is 2. The van der Waals surface area contributed by atoms with Crippen LogP contribution >= 0.6 is 11.3 Å². The lowest BCUT2D eigenvalue weighted by Gasteiger charge is -2.27. The van der Waals surface area contributed by atoms with Gasteiger partial charge in [0, 0.05) is 36.0 Å². The van der Waals surface area contributed by atoms with Crippen molar-refractivity contribution in [2.75, 3.05) is 32.2 Å². The Morgan fingerprint density at radius 3 is 2.93 bits per heavy atom. The molecule has 0 unspecified atom stereocenters. The number of benzene rings is 1. The molecule has 7 heteroatoms. The molecule has 0 fully saturated rings. The number of fused-ring (bicyclic) bond motifs is 1. The molecule has 0 radical (unpaired) electrons. The number of methoxy groups -OCH3 is 1. The highest BCUT2D eigenvalue weighted by atomic mass is 32.1. The fourth-order valence-corrected chi connectivity index (χ4v) is 4.18. The van der Waals surface area contributed by atoms with Gasteiger partial charge in [-0.15, -0.1) is 11.3 Å². The van der Waals surface area contributed by atoms with E-state index in [4.69, 9.17) is 19.2 Å². The lowest BCUT2D eigenvalue weighted by molar-refractivity contribution is 0.0778. The Morgan fingerprint density at radius 1 is 1.29 bits per heavy atom. The zero-order valence-electron chi connectivity index (χ0n) is 16.4.